The van der Waals surface area contributed by atoms with Crippen LogP contribution in [0.1, 0.15) is 27.0 Å². The highest BCUT2D eigenvalue weighted by Crippen LogP contribution is 2.26. The van der Waals surface area contributed by atoms with Gasteiger partial charge in [-0.25, -0.2) is 4.79 Å². The minimum atomic E-state index is -0.575. The molecule has 0 aliphatic heterocycles. The predicted molar refractivity (Wildman–Crippen MR) is 67.8 cm³/mol. The van der Waals surface area contributed by atoms with Crippen molar-refractivity contribution in [3.05, 3.63) is 40.5 Å². The van der Waals surface area contributed by atoms with Crippen LogP contribution >= 0.6 is 0 Å². The molecule has 0 fully saturated rings. The molecule has 0 unspecified atom stereocenters. The van der Waals surface area contributed by atoms with Gasteiger partial charge >= 0.3 is 5.97 Å². The topological polar surface area (TPSA) is 63.6 Å². The summed E-state index contributed by atoms with van der Waals surface area (Å²) in [4.78, 5) is 22.9. The first-order valence-corrected chi connectivity index (χ1v) is 5.48. The largest absolute Gasteiger partial charge is 0.508 e. The molecule has 96 valence electrons. The number of benzene rings is 1. The van der Waals surface area contributed by atoms with Gasteiger partial charge in [-0.1, -0.05) is 0 Å². The number of hydrogen-bond donors (Lipinski definition) is 1. The number of hydrogen-bond acceptors (Lipinski definition) is 4. The van der Waals surface area contributed by atoms with Gasteiger partial charge in [-0.05, 0) is 49.6 Å². The summed E-state index contributed by atoms with van der Waals surface area (Å²) < 4.78 is 4.42. The molecular formula is C14H16O4. The lowest BCUT2D eigenvalue weighted by Crippen LogP contribution is -2.05. The minimum absolute atomic E-state index is 0.165. The lowest BCUT2D eigenvalue weighted by molar-refractivity contribution is -0.134. The van der Waals surface area contributed by atoms with Crippen LogP contribution in [0, 0.1) is 20.8 Å². The molecule has 1 N–H and O–H groups in total. The van der Waals surface area contributed by atoms with E-state index in [1.165, 1.54) is 13.2 Å². The number of carbonyl (C=O) groups is 2. The van der Waals surface area contributed by atoms with Crippen LogP contribution in [0.2, 0.25) is 0 Å². The second-order valence-electron chi connectivity index (χ2n) is 4.06. The number of ether oxygens (including phenoxy) is 1. The van der Waals surface area contributed by atoms with Crippen LogP contribution in [0.3, 0.4) is 0 Å². The summed E-state index contributed by atoms with van der Waals surface area (Å²) in [6.07, 6.45) is 2.26. The smallest absolute Gasteiger partial charge is 0.330 e. The minimum Gasteiger partial charge on any atom is -0.508 e. The maximum atomic E-state index is 12.0. The number of aromatic hydroxyl groups is 1. The van der Waals surface area contributed by atoms with Crippen molar-refractivity contribution in [1.82, 2.24) is 0 Å². The highest BCUT2D eigenvalue weighted by molar-refractivity contribution is 6.09. The Labute approximate surface area is 106 Å². The van der Waals surface area contributed by atoms with E-state index in [0.29, 0.717) is 22.3 Å². The van der Waals surface area contributed by atoms with E-state index in [2.05, 4.69) is 4.74 Å². The molecule has 0 spiro atoms. The molecule has 1 aromatic carbocycles. The summed E-state index contributed by atoms with van der Waals surface area (Å²) >= 11 is 0. The number of carbonyl (C=O) groups excluding carboxylic acids is 2. The van der Waals surface area contributed by atoms with E-state index in [1.54, 1.807) is 26.8 Å². The number of phenols is 1. The summed E-state index contributed by atoms with van der Waals surface area (Å²) in [6, 6.07) is 1.54. The van der Waals surface area contributed by atoms with Gasteiger partial charge in [0.2, 0.25) is 0 Å². The van der Waals surface area contributed by atoms with E-state index >= 15 is 0 Å². The second kappa shape index (κ2) is 5.49. The van der Waals surface area contributed by atoms with Crippen LogP contribution in [-0.2, 0) is 9.53 Å². The molecule has 1 aromatic rings. The number of aryl methyl sites for hydroxylation is 1. The fraction of sp³-hybridized carbons (Fsp3) is 0.286. The van der Waals surface area contributed by atoms with Crippen molar-refractivity contribution in [3.63, 3.8) is 0 Å². The zero-order valence-electron chi connectivity index (χ0n) is 10.9. The van der Waals surface area contributed by atoms with Gasteiger partial charge in [0.1, 0.15) is 5.75 Å². The molecule has 0 saturated carbocycles. The first-order valence-electron chi connectivity index (χ1n) is 5.48. The fourth-order valence-corrected chi connectivity index (χ4v) is 1.74. The molecule has 0 aliphatic carbocycles. The van der Waals surface area contributed by atoms with Crippen molar-refractivity contribution >= 4 is 11.8 Å². The number of allylic oxidation sites excluding steroid dienone is 1. The zero-order chi connectivity index (χ0) is 13.9. The molecule has 1 rings (SSSR count). The standard InChI is InChI=1S/C14H16O4/c1-8-7-12(16)9(2)10(3)14(8)11(15)5-6-13(17)18-4/h5-7,16H,1-4H3/b6-5+. The first kappa shape index (κ1) is 14.0. The van der Waals surface area contributed by atoms with Crippen molar-refractivity contribution in [1.29, 1.82) is 0 Å². The van der Waals surface area contributed by atoms with Crippen molar-refractivity contribution < 1.29 is 19.4 Å². The highest BCUT2D eigenvalue weighted by atomic mass is 16.5. The van der Waals surface area contributed by atoms with E-state index in [1.807, 2.05) is 0 Å². The number of rotatable bonds is 3. The van der Waals surface area contributed by atoms with Gasteiger partial charge in [0.15, 0.2) is 5.78 Å². The third-order valence-corrected chi connectivity index (χ3v) is 2.89. The molecule has 0 atom stereocenters. The van der Waals surface area contributed by atoms with Gasteiger partial charge < -0.3 is 9.84 Å². The Morgan fingerprint density at radius 1 is 1.17 bits per heavy atom. The van der Waals surface area contributed by atoms with Crippen LogP contribution < -0.4 is 0 Å². The Morgan fingerprint density at radius 3 is 2.33 bits per heavy atom. The van der Waals surface area contributed by atoms with Gasteiger partial charge in [0.25, 0.3) is 0 Å². The zero-order valence-corrected chi connectivity index (χ0v) is 10.9. The summed E-state index contributed by atoms with van der Waals surface area (Å²) in [5.74, 6) is -0.689. The molecule has 4 heteroatoms. The van der Waals surface area contributed by atoms with Crippen molar-refractivity contribution in [3.8, 4) is 5.75 Å². The molecule has 0 aromatic heterocycles. The Bertz CT molecular complexity index is 527. The molecule has 4 nitrogen and oxygen atoms in total. The predicted octanol–water partition coefficient (Wildman–Crippen LogP) is 2.23. The molecule has 0 radical (unpaired) electrons. The molecule has 18 heavy (non-hydrogen) atoms. The summed E-state index contributed by atoms with van der Waals surface area (Å²) in [7, 11) is 1.25. The molecular weight excluding hydrogens is 232 g/mol. The van der Waals surface area contributed by atoms with Crippen LogP contribution in [0.15, 0.2) is 18.2 Å². The highest BCUT2D eigenvalue weighted by Gasteiger charge is 2.14. The molecule has 0 aliphatic rings. The monoisotopic (exact) mass is 248 g/mol. The fourth-order valence-electron chi connectivity index (χ4n) is 1.74. The van der Waals surface area contributed by atoms with Crippen LogP contribution in [0.4, 0.5) is 0 Å². The van der Waals surface area contributed by atoms with Gasteiger partial charge in [-0.15, -0.1) is 0 Å². The van der Waals surface area contributed by atoms with Crippen LogP contribution in [-0.4, -0.2) is 24.0 Å². The summed E-state index contributed by atoms with van der Waals surface area (Å²) in [5, 5.41) is 9.64. The van der Waals surface area contributed by atoms with Crippen molar-refractivity contribution in [2.75, 3.05) is 7.11 Å². The average Bonchev–Trinajstić information content (AvgIpc) is 2.33. The molecule has 0 heterocycles. The maximum absolute atomic E-state index is 12.0. The number of esters is 1. The van der Waals surface area contributed by atoms with E-state index in [4.69, 9.17) is 0 Å². The molecule has 0 bridgehead atoms. The Hall–Kier alpha value is -2.10. The number of phenolic OH excluding ortho intramolecular Hbond substituents is 1. The van der Waals surface area contributed by atoms with Crippen molar-refractivity contribution in [2.45, 2.75) is 20.8 Å². The van der Waals surface area contributed by atoms with Gasteiger partial charge in [-0.3, -0.25) is 4.79 Å². The first-order chi connectivity index (χ1) is 8.38. The molecule has 0 amide bonds. The van der Waals surface area contributed by atoms with Gasteiger partial charge in [-0.2, -0.15) is 0 Å². The summed E-state index contributed by atoms with van der Waals surface area (Å²) in [6.45, 7) is 5.25. The third kappa shape index (κ3) is 2.77. The van der Waals surface area contributed by atoms with E-state index in [-0.39, 0.29) is 11.5 Å². The SMILES string of the molecule is COC(=O)/C=C/C(=O)c1c(C)cc(O)c(C)c1C. The van der Waals surface area contributed by atoms with Gasteiger partial charge in [0.05, 0.1) is 7.11 Å². The summed E-state index contributed by atoms with van der Waals surface area (Å²) in [5.41, 5.74) is 2.56. The van der Waals surface area contributed by atoms with Crippen LogP contribution in [0.5, 0.6) is 5.75 Å². The number of methoxy groups -OCH3 is 1. The van der Waals surface area contributed by atoms with Crippen molar-refractivity contribution in [2.24, 2.45) is 0 Å². The maximum Gasteiger partial charge on any atom is 0.330 e. The van der Waals surface area contributed by atoms with Gasteiger partial charge in [0, 0.05) is 11.6 Å². The number of ketones is 1. The second-order valence-corrected chi connectivity index (χ2v) is 4.06. The Morgan fingerprint density at radius 2 is 1.78 bits per heavy atom. The third-order valence-electron chi connectivity index (χ3n) is 2.89. The quantitative estimate of drug-likeness (QED) is 0.506. The Kier molecular flexibility index (Phi) is 4.26. The van der Waals surface area contributed by atoms with E-state index in [0.717, 1.165) is 6.08 Å². The lowest BCUT2D eigenvalue weighted by Gasteiger charge is -2.11. The molecule has 0 saturated heterocycles. The van der Waals surface area contributed by atoms with Crippen LogP contribution in [0.25, 0.3) is 0 Å². The normalized spacial score (nSPS) is 10.7. The van der Waals surface area contributed by atoms with E-state index < -0.39 is 5.97 Å². The average molecular weight is 248 g/mol. The lowest BCUT2D eigenvalue weighted by atomic mass is 9.94. The Balaban J connectivity index is 3.18. The van der Waals surface area contributed by atoms with E-state index in [9.17, 15) is 14.7 Å².